The van der Waals surface area contributed by atoms with Crippen molar-refractivity contribution in [1.82, 2.24) is 0 Å². The molecule has 6 heteroatoms. The number of allylic oxidation sites excluding steroid dienone is 2. The minimum Gasteiger partial charge on any atom is -0.464 e. The Bertz CT molecular complexity index is 785. The van der Waals surface area contributed by atoms with E-state index < -0.39 is 5.92 Å². The molecule has 1 heterocycles. The number of carbonyl (C=O) groups is 2. The van der Waals surface area contributed by atoms with Crippen molar-refractivity contribution in [3.63, 3.8) is 0 Å². The molecule has 27 heavy (non-hydrogen) atoms. The van der Waals surface area contributed by atoms with Crippen molar-refractivity contribution in [3.05, 3.63) is 45.6 Å². The van der Waals surface area contributed by atoms with Gasteiger partial charge in [-0.3, -0.25) is 14.6 Å². The van der Waals surface area contributed by atoms with Crippen LogP contribution in [0.1, 0.15) is 44.6 Å². The molecule has 1 aliphatic carbocycles. The lowest BCUT2D eigenvalue weighted by Gasteiger charge is -2.34. The van der Waals surface area contributed by atoms with E-state index >= 15 is 0 Å². The van der Waals surface area contributed by atoms with Crippen molar-refractivity contribution in [1.29, 1.82) is 0 Å². The summed E-state index contributed by atoms with van der Waals surface area (Å²) in [6.45, 7) is 4.34. The molecule has 0 N–H and O–H groups in total. The van der Waals surface area contributed by atoms with Gasteiger partial charge >= 0.3 is 5.97 Å². The van der Waals surface area contributed by atoms with Crippen LogP contribution in [0.3, 0.4) is 0 Å². The quantitative estimate of drug-likeness (QED) is 0.456. The molecule has 0 saturated heterocycles. The summed E-state index contributed by atoms with van der Waals surface area (Å²) in [5, 5.41) is 0. The summed E-state index contributed by atoms with van der Waals surface area (Å²) in [5.41, 5.74) is 3.26. The van der Waals surface area contributed by atoms with Crippen LogP contribution in [0.2, 0.25) is 0 Å². The average Bonchev–Trinajstić information content (AvgIpc) is 2.65. The lowest BCUT2D eigenvalue weighted by molar-refractivity contribution is -0.145. The van der Waals surface area contributed by atoms with Crippen molar-refractivity contribution in [2.45, 2.75) is 39.0 Å². The Morgan fingerprint density at radius 3 is 2.74 bits per heavy atom. The van der Waals surface area contributed by atoms with Gasteiger partial charge in [-0.15, -0.1) is 0 Å². The monoisotopic (exact) mass is 449 g/mol. The molecule has 1 aliphatic heterocycles. The highest BCUT2D eigenvalue weighted by molar-refractivity contribution is 9.10. The number of aliphatic imine (C=N–C) groups is 1. The van der Waals surface area contributed by atoms with Gasteiger partial charge in [-0.05, 0) is 43.2 Å². The number of nitrogens with zero attached hydrogens (tertiary/aromatic N) is 1. The largest absolute Gasteiger partial charge is 0.464 e. The number of carbonyl (C=O) groups excluding carboxylic acids is 2. The van der Waals surface area contributed by atoms with E-state index in [9.17, 15) is 9.59 Å². The standard InChI is InChI=1S/C21H24BrNO3S/c1-3-27-12-11-26-21(25)18-13(2)23-16-5-4-6-17(24)20(16)19(18)14-7-9-15(22)10-8-14/h7-10,18-19H,3-6,11-12H2,1-2H3/t18?,19-/m1/s1. The minimum atomic E-state index is -0.543. The fourth-order valence-electron chi connectivity index (χ4n) is 3.78. The van der Waals surface area contributed by atoms with Gasteiger partial charge in [0.2, 0.25) is 0 Å². The van der Waals surface area contributed by atoms with E-state index in [1.807, 2.05) is 31.2 Å². The third-order valence-electron chi connectivity index (χ3n) is 4.99. The van der Waals surface area contributed by atoms with Crippen LogP contribution in [0, 0.1) is 5.92 Å². The fraction of sp³-hybridized carbons (Fsp3) is 0.476. The number of halogens is 1. The number of thioether (sulfide) groups is 1. The maximum absolute atomic E-state index is 12.9. The van der Waals surface area contributed by atoms with Gasteiger partial charge in [0.15, 0.2) is 5.78 Å². The normalized spacial score (nSPS) is 22.3. The zero-order chi connectivity index (χ0) is 19.4. The zero-order valence-electron chi connectivity index (χ0n) is 15.7. The molecule has 0 saturated carbocycles. The molecule has 144 valence electrons. The molecule has 0 bridgehead atoms. The van der Waals surface area contributed by atoms with Crippen LogP contribution < -0.4 is 0 Å². The summed E-state index contributed by atoms with van der Waals surface area (Å²) in [7, 11) is 0. The number of rotatable bonds is 6. The van der Waals surface area contributed by atoms with Gasteiger partial charge in [0.1, 0.15) is 12.5 Å². The first-order chi connectivity index (χ1) is 13.0. The summed E-state index contributed by atoms with van der Waals surface area (Å²) < 4.78 is 6.53. The number of hydrogen-bond acceptors (Lipinski definition) is 5. The summed E-state index contributed by atoms with van der Waals surface area (Å²) in [6.07, 6.45) is 2.14. The molecule has 0 spiro atoms. The number of benzene rings is 1. The number of Topliss-reactive ketones (excluding diaryl/α,β-unsaturated/α-hetero) is 1. The highest BCUT2D eigenvalue weighted by Gasteiger charge is 2.43. The Hall–Kier alpha value is -1.40. The first-order valence-electron chi connectivity index (χ1n) is 9.34. The number of hydrogen-bond donors (Lipinski definition) is 0. The van der Waals surface area contributed by atoms with Crippen LogP contribution in [0.25, 0.3) is 0 Å². The van der Waals surface area contributed by atoms with E-state index in [4.69, 9.17) is 4.74 Å². The Morgan fingerprint density at radius 1 is 1.30 bits per heavy atom. The van der Waals surface area contributed by atoms with Gasteiger partial charge in [0.05, 0.1) is 0 Å². The number of ketones is 1. The Balaban J connectivity index is 1.96. The Morgan fingerprint density at radius 2 is 2.04 bits per heavy atom. The second-order valence-electron chi connectivity index (χ2n) is 6.76. The number of esters is 1. The molecule has 4 nitrogen and oxygen atoms in total. The number of ether oxygens (including phenoxy) is 1. The van der Waals surface area contributed by atoms with E-state index in [1.165, 1.54) is 0 Å². The molecule has 0 radical (unpaired) electrons. The predicted molar refractivity (Wildman–Crippen MR) is 113 cm³/mol. The van der Waals surface area contributed by atoms with Crippen LogP contribution in [0.15, 0.2) is 45.0 Å². The van der Waals surface area contributed by atoms with E-state index in [0.717, 1.165) is 45.8 Å². The summed E-state index contributed by atoms with van der Waals surface area (Å²) >= 11 is 5.20. The molecule has 2 aliphatic rings. The van der Waals surface area contributed by atoms with Gasteiger partial charge < -0.3 is 4.74 Å². The molecule has 0 aromatic heterocycles. The summed E-state index contributed by atoms with van der Waals surface area (Å²) in [6, 6.07) is 7.86. The van der Waals surface area contributed by atoms with Crippen LogP contribution in [-0.2, 0) is 14.3 Å². The van der Waals surface area contributed by atoms with Gasteiger partial charge in [0.25, 0.3) is 0 Å². The lowest BCUT2D eigenvalue weighted by Crippen LogP contribution is -2.37. The topological polar surface area (TPSA) is 55.7 Å². The second kappa shape index (κ2) is 9.20. The molecule has 1 aromatic carbocycles. The third-order valence-corrected chi connectivity index (χ3v) is 6.39. The van der Waals surface area contributed by atoms with Gasteiger partial charge in [-0.25, -0.2) is 0 Å². The highest BCUT2D eigenvalue weighted by atomic mass is 79.9. The maximum atomic E-state index is 12.9. The van der Waals surface area contributed by atoms with E-state index in [-0.39, 0.29) is 17.7 Å². The molecule has 0 amide bonds. The van der Waals surface area contributed by atoms with Gasteiger partial charge in [-0.2, -0.15) is 11.8 Å². The van der Waals surface area contributed by atoms with Gasteiger partial charge in [0, 0.05) is 39.5 Å². The van der Waals surface area contributed by atoms with Gasteiger partial charge in [-0.1, -0.05) is 35.0 Å². The Labute approximate surface area is 173 Å². The van der Waals surface area contributed by atoms with Crippen molar-refractivity contribution in [2.24, 2.45) is 10.9 Å². The van der Waals surface area contributed by atoms with Crippen LogP contribution >= 0.6 is 27.7 Å². The van der Waals surface area contributed by atoms with Crippen molar-refractivity contribution < 1.29 is 14.3 Å². The Kier molecular flexibility index (Phi) is 6.93. The average molecular weight is 450 g/mol. The van der Waals surface area contributed by atoms with E-state index in [2.05, 4.69) is 27.8 Å². The van der Waals surface area contributed by atoms with Crippen LogP contribution in [0.4, 0.5) is 0 Å². The van der Waals surface area contributed by atoms with Crippen molar-refractivity contribution in [3.8, 4) is 0 Å². The molecule has 2 atom stereocenters. The minimum absolute atomic E-state index is 0.111. The molecule has 1 aromatic rings. The summed E-state index contributed by atoms with van der Waals surface area (Å²) in [5.74, 6) is 0.739. The second-order valence-corrected chi connectivity index (χ2v) is 9.07. The molecule has 0 fully saturated rings. The first kappa shape index (κ1) is 20.3. The molecule has 3 rings (SSSR count). The van der Waals surface area contributed by atoms with Crippen molar-refractivity contribution in [2.75, 3.05) is 18.1 Å². The van der Waals surface area contributed by atoms with Crippen LogP contribution in [-0.4, -0.2) is 35.6 Å². The van der Waals surface area contributed by atoms with Crippen molar-refractivity contribution >= 4 is 45.2 Å². The molecule has 1 unspecified atom stereocenters. The van der Waals surface area contributed by atoms with E-state index in [0.29, 0.717) is 18.6 Å². The van der Waals surface area contributed by atoms with Crippen LogP contribution in [0.5, 0.6) is 0 Å². The summed E-state index contributed by atoms with van der Waals surface area (Å²) in [4.78, 5) is 30.4. The third kappa shape index (κ3) is 4.54. The predicted octanol–water partition coefficient (Wildman–Crippen LogP) is 4.93. The highest BCUT2D eigenvalue weighted by Crippen LogP contribution is 2.43. The SMILES string of the molecule is CCSCCOC(=O)C1C(C)=NC2=C(C(=O)CCC2)[C@@H]1c1ccc(Br)cc1. The smallest absolute Gasteiger partial charge is 0.315 e. The lowest BCUT2D eigenvalue weighted by atomic mass is 9.72. The first-order valence-corrected chi connectivity index (χ1v) is 11.3. The molecular weight excluding hydrogens is 426 g/mol. The maximum Gasteiger partial charge on any atom is 0.315 e. The molecular formula is C21H24BrNO3S. The fourth-order valence-corrected chi connectivity index (χ4v) is 4.53. The van der Waals surface area contributed by atoms with E-state index in [1.54, 1.807) is 11.8 Å². The zero-order valence-corrected chi connectivity index (χ0v) is 18.1.